The minimum Gasteiger partial charge on any atom is -0.389 e. The molecule has 1 aromatic rings. The van der Waals surface area contributed by atoms with Crippen LogP contribution in [0.3, 0.4) is 0 Å². The number of carbonyl (C=O) groups excluding carboxylic acids is 1. The molecule has 0 saturated carbocycles. The zero-order valence-corrected chi connectivity index (χ0v) is 9.47. The number of hydrogen-bond acceptors (Lipinski definition) is 3. The standard InChI is InChI=1S/C10H15NO2S/c1-10(2,13)7-11(3)9(12)8-5-4-6-14-8/h4-6,13H,7H2,1-3H3. The fourth-order valence-corrected chi connectivity index (χ4v) is 1.96. The third-order valence-electron chi connectivity index (χ3n) is 1.70. The molecule has 0 fully saturated rings. The maximum Gasteiger partial charge on any atom is 0.263 e. The topological polar surface area (TPSA) is 40.5 Å². The molecule has 1 N–H and O–H groups in total. The number of amides is 1. The van der Waals surface area contributed by atoms with Crippen LogP contribution in [0, 0.1) is 0 Å². The first-order valence-electron chi connectivity index (χ1n) is 4.41. The number of likely N-dealkylation sites (N-methyl/N-ethyl adjacent to an activating group) is 1. The summed E-state index contributed by atoms with van der Waals surface area (Å²) in [4.78, 5) is 13.9. The molecule has 1 amide bonds. The summed E-state index contributed by atoms with van der Waals surface area (Å²) in [6, 6.07) is 3.63. The molecule has 0 aliphatic heterocycles. The molecule has 1 heterocycles. The van der Waals surface area contributed by atoms with E-state index in [-0.39, 0.29) is 5.91 Å². The molecular formula is C10H15NO2S. The lowest BCUT2D eigenvalue weighted by Gasteiger charge is -2.25. The van der Waals surface area contributed by atoms with Gasteiger partial charge in [0, 0.05) is 13.6 Å². The molecule has 14 heavy (non-hydrogen) atoms. The van der Waals surface area contributed by atoms with Crippen LogP contribution in [0.4, 0.5) is 0 Å². The molecule has 78 valence electrons. The van der Waals surface area contributed by atoms with Crippen molar-refractivity contribution in [1.82, 2.24) is 4.90 Å². The number of thiophene rings is 1. The van der Waals surface area contributed by atoms with Crippen LogP contribution in [-0.4, -0.2) is 35.1 Å². The SMILES string of the molecule is CN(CC(C)(C)O)C(=O)c1cccs1. The summed E-state index contributed by atoms with van der Waals surface area (Å²) >= 11 is 1.41. The van der Waals surface area contributed by atoms with E-state index in [1.807, 2.05) is 11.4 Å². The van der Waals surface area contributed by atoms with Gasteiger partial charge in [-0.2, -0.15) is 0 Å². The molecule has 4 heteroatoms. The highest BCUT2D eigenvalue weighted by atomic mass is 32.1. The first kappa shape index (κ1) is 11.2. The fraction of sp³-hybridized carbons (Fsp3) is 0.500. The molecule has 0 aliphatic carbocycles. The number of hydrogen-bond donors (Lipinski definition) is 1. The lowest BCUT2D eigenvalue weighted by Crippen LogP contribution is -2.39. The van der Waals surface area contributed by atoms with E-state index in [1.54, 1.807) is 27.0 Å². The van der Waals surface area contributed by atoms with Gasteiger partial charge in [-0.1, -0.05) is 6.07 Å². The van der Waals surface area contributed by atoms with E-state index in [0.29, 0.717) is 11.4 Å². The molecule has 0 aliphatic rings. The lowest BCUT2D eigenvalue weighted by atomic mass is 10.1. The van der Waals surface area contributed by atoms with Gasteiger partial charge in [0.25, 0.3) is 5.91 Å². The van der Waals surface area contributed by atoms with Crippen molar-refractivity contribution in [2.24, 2.45) is 0 Å². The minimum atomic E-state index is -0.846. The van der Waals surface area contributed by atoms with Crippen LogP contribution in [-0.2, 0) is 0 Å². The van der Waals surface area contributed by atoms with Gasteiger partial charge in [0.15, 0.2) is 0 Å². The summed E-state index contributed by atoms with van der Waals surface area (Å²) in [5.74, 6) is -0.0397. The summed E-state index contributed by atoms with van der Waals surface area (Å²) < 4.78 is 0. The molecule has 1 aromatic heterocycles. The Bertz CT molecular complexity index is 300. The first-order valence-corrected chi connectivity index (χ1v) is 5.29. The van der Waals surface area contributed by atoms with E-state index in [9.17, 15) is 9.90 Å². The van der Waals surface area contributed by atoms with Gasteiger partial charge in [-0.25, -0.2) is 0 Å². The van der Waals surface area contributed by atoms with Crippen LogP contribution in [0.1, 0.15) is 23.5 Å². The molecular weight excluding hydrogens is 198 g/mol. The Morgan fingerprint density at radius 1 is 1.64 bits per heavy atom. The normalized spacial score (nSPS) is 11.4. The number of carbonyl (C=O) groups is 1. The maximum absolute atomic E-state index is 11.7. The highest BCUT2D eigenvalue weighted by molar-refractivity contribution is 7.12. The Balaban J connectivity index is 2.63. The van der Waals surface area contributed by atoms with Crippen LogP contribution in [0.2, 0.25) is 0 Å². The number of rotatable bonds is 3. The second kappa shape index (κ2) is 4.11. The Labute approximate surface area is 88.0 Å². The molecule has 0 radical (unpaired) electrons. The van der Waals surface area contributed by atoms with Crippen LogP contribution in [0.25, 0.3) is 0 Å². The van der Waals surface area contributed by atoms with Gasteiger partial charge >= 0.3 is 0 Å². The third-order valence-corrected chi connectivity index (χ3v) is 2.56. The van der Waals surface area contributed by atoms with Gasteiger partial charge in [-0.15, -0.1) is 11.3 Å². The molecule has 1 rings (SSSR count). The largest absolute Gasteiger partial charge is 0.389 e. The van der Waals surface area contributed by atoms with E-state index in [2.05, 4.69) is 0 Å². The van der Waals surface area contributed by atoms with Crippen LogP contribution >= 0.6 is 11.3 Å². The van der Waals surface area contributed by atoms with Crippen LogP contribution in [0.15, 0.2) is 17.5 Å². The quantitative estimate of drug-likeness (QED) is 0.828. The predicted octanol–water partition coefficient (Wildman–Crippen LogP) is 1.59. The summed E-state index contributed by atoms with van der Waals surface area (Å²) in [7, 11) is 1.69. The first-order chi connectivity index (χ1) is 6.40. The molecule has 0 saturated heterocycles. The van der Waals surface area contributed by atoms with E-state index < -0.39 is 5.60 Å². The Morgan fingerprint density at radius 2 is 2.29 bits per heavy atom. The summed E-state index contributed by atoms with van der Waals surface area (Å²) in [6.07, 6.45) is 0. The van der Waals surface area contributed by atoms with Crippen molar-refractivity contribution in [3.8, 4) is 0 Å². The Morgan fingerprint density at radius 3 is 2.71 bits per heavy atom. The summed E-state index contributed by atoms with van der Waals surface area (Å²) in [5, 5.41) is 11.4. The zero-order valence-electron chi connectivity index (χ0n) is 8.65. The highest BCUT2D eigenvalue weighted by Gasteiger charge is 2.20. The predicted molar refractivity (Wildman–Crippen MR) is 57.6 cm³/mol. The van der Waals surface area contributed by atoms with Crippen molar-refractivity contribution in [3.63, 3.8) is 0 Å². The van der Waals surface area contributed by atoms with Crippen molar-refractivity contribution in [2.75, 3.05) is 13.6 Å². The van der Waals surface area contributed by atoms with Gasteiger partial charge < -0.3 is 10.0 Å². The maximum atomic E-state index is 11.7. The molecule has 0 bridgehead atoms. The minimum absolute atomic E-state index is 0.0397. The molecule has 3 nitrogen and oxygen atoms in total. The van der Waals surface area contributed by atoms with E-state index in [4.69, 9.17) is 0 Å². The van der Waals surface area contributed by atoms with Gasteiger partial charge in [0.05, 0.1) is 10.5 Å². The number of aliphatic hydroxyl groups is 1. The van der Waals surface area contributed by atoms with E-state index in [0.717, 1.165) is 0 Å². The zero-order chi connectivity index (χ0) is 10.8. The van der Waals surface area contributed by atoms with Gasteiger partial charge in [-0.05, 0) is 25.3 Å². The molecule has 0 atom stereocenters. The fourth-order valence-electron chi connectivity index (χ4n) is 1.24. The molecule has 0 spiro atoms. The monoisotopic (exact) mass is 213 g/mol. The lowest BCUT2D eigenvalue weighted by molar-refractivity contribution is 0.0370. The summed E-state index contributed by atoms with van der Waals surface area (Å²) in [6.45, 7) is 3.71. The van der Waals surface area contributed by atoms with Gasteiger partial charge in [-0.3, -0.25) is 4.79 Å². The Hall–Kier alpha value is -0.870. The summed E-state index contributed by atoms with van der Waals surface area (Å²) in [5.41, 5.74) is -0.846. The van der Waals surface area contributed by atoms with Gasteiger partial charge in [0.1, 0.15) is 0 Å². The second-order valence-corrected chi connectivity index (χ2v) is 4.90. The smallest absolute Gasteiger partial charge is 0.263 e. The molecule has 0 unspecified atom stereocenters. The van der Waals surface area contributed by atoms with Crippen molar-refractivity contribution in [1.29, 1.82) is 0 Å². The highest BCUT2D eigenvalue weighted by Crippen LogP contribution is 2.13. The van der Waals surface area contributed by atoms with Gasteiger partial charge in [0.2, 0.25) is 0 Å². The van der Waals surface area contributed by atoms with Crippen molar-refractivity contribution >= 4 is 17.2 Å². The van der Waals surface area contributed by atoms with Crippen molar-refractivity contribution < 1.29 is 9.90 Å². The van der Waals surface area contributed by atoms with Crippen molar-refractivity contribution in [2.45, 2.75) is 19.4 Å². The van der Waals surface area contributed by atoms with E-state index >= 15 is 0 Å². The van der Waals surface area contributed by atoms with E-state index in [1.165, 1.54) is 16.2 Å². The number of nitrogens with zero attached hydrogens (tertiary/aromatic N) is 1. The van der Waals surface area contributed by atoms with Crippen LogP contribution < -0.4 is 0 Å². The Kier molecular flexibility index (Phi) is 3.29. The molecule has 0 aromatic carbocycles. The second-order valence-electron chi connectivity index (χ2n) is 3.95. The van der Waals surface area contributed by atoms with Crippen molar-refractivity contribution in [3.05, 3.63) is 22.4 Å². The third kappa shape index (κ3) is 3.12. The average molecular weight is 213 g/mol. The average Bonchev–Trinajstić information content (AvgIpc) is 2.51. The van der Waals surface area contributed by atoms with Crippen LogP contribution in [0.5, 0.6) is 0 Å².